The molecule has 1 aliphatic rings. The second-order valence-electron chi connectivity index (χ2n) is 5.13. The Bertz CT molecular complexity index is 357. The van der Waals surface area contributed by atoms with Crippen molar-refractivity contribution in [3.8, 4) is 0 Å². The van der Waals surface area contributed by atoms with Gasteiger partial charge in [0.15, 0.2) is 0 Å². The molecule has 0 aromatic carbocycles. The normalized spacial score (nSPS) is 30.2. The summed E-state index contributed by atoms with van der Waals surface area (Å²) < 4.78 is 0. The molecule has 16 heavy (non-hydrogen) atoms. The van der Waals surface area contributed by atoms with Crippen LogP contribution in [0.5, 0.6) is 0 Å². The van der Waals surface area contributed by atoms with Gasteiger partial charge < -0.3 is 10.8 Å². The summed E-state index contributed by atoms with van der Waals surface area (Å²) in [6, 6.07) is 3.83. The van der Waals surface area contributed by atoms with Crippen molar-refractivity contribution in [2.24, 2.45) is 5.92 Å². The third-order valence-electron chi connectivity index (χ3n) is 3.65. The quantitative estimate of drug-likeness (QED) is 0.803. The number of aliphatic hydroxyl groups is 1. The van der Waals surface area contributed by atoms with Crippen LogP contribution < -0.4 is 5.73 Å². The smallest absolute Gasteiger partial charge is 0.126 e. The van der Waals surface area contributed by atoms with E-state index in [0.29, 0.717) is 12.2 Å². The molecule has 2 rings (SSSR count). The zero-order valence-electron chi connectivity index (χ0n) is 9.82. The van der Waals surface area contributed by atoms with Crippen molar-refractivity contribution in [1.82, 2.24) is 4.98 Å². The van der Waals surface area contributed by atoms with Gasteiger partial charge in [-0.1, -0.05) is 13.0 Å². The summed E-state index contributed by atoms with van der Waals surface area (Å²) in [5, 5.41) is 10.5. The van der Waals surface area contributed by atoms with Crippen molar-refractivity contribution in [3.05, 3.63) is 23.9 Å². The summed E-state index contributed by atoms with van der Waals surface area (Å²) in [6.45, 7) is 2.25. The highest BCUT2D eigenvalue weighted by atomic mass is 16.3. The number of aromatic nitrogens is 1. The maximum Gasteiger partial charge on any atom is 0.126 e. The summed E-state index contributed by atoms with van der Waals surface area (Å²) >= 11 is 0. The van der Waals surface area contributed by atoms with Gasteiger partial charge in [0.2, 0.25) is 0 Å². The number of hydrogen-bond donors (Lipinski definition) is 2. The number of hydrogen-bond acceptors (Lipinski definition) is 3. The van der Waals surface area contributed by atoms with E-state index in [-0.39, 0.29) is 0 Å². The molecule has 0 aliphatic heterocycles. The molecule has 0 bridgehead atoms. The first-order valence-electron chi connectivity index (χ1n) is 6.01. The van der Waals surface area contributed by atoms with Crippen LogP contribution in [0.2, 0.25) is 0 Å². The van der Waals surface area contributed by atoms with E-state index in [1.165, 1.54) is 0 Å². The standard InChI is InChI=1S/C13H20N2O/c1-10-4-6-13(16,7-5-10)9-11-3-2-8-15-12(11)14/h2-3,8,10,16H,4-7,9H2,1H3,(H2,14,15). The molecule has 0 radical (unpaired) electrons. The first-order valence-corrected chi connectivity index (χ1v) is 6.01. The molecule has 0 atom stereocenters. The molecule has 1 aromatic heterocycles. The molecule has 1 saturated carbocycles. The van der Waals surface area contributed by atoms with Crippen LogP contribution in [0.4, 0.5) is 5.82 Å². The lowest BCUT2D eigenvalue weighted by molar-refractivity contribution is -0.00659. The van der Waals surface area contributed by atoms with E-state index in [0.717, 1.165) is 37.2 Å². The lowest BCUT2D eigenvalue weighted by Gasteiger charge is -2.35. The fourth-order valence-corrected chi connectivity index (χ4v) is 2.43. The highest BCUT2D eigenvalue weighted by Gasteiger charge is 2.32. The van der Waals surface area contributed by atoms with Crippen LogP contribution in [0.3, 0.4) is 0 Å². The molecular formula is C13H20N2O. The summed E-state index contributed by atoms with van der Waals surface area (Å²) in [5.74, 6) is 1.29. The third-order valence-corrected chi connectivity index (χ3v) is 3.65. The van der Waals surface area contributed by atoms with Crippen molar-refractivity contribution >= 4 is 5.82 Å². The van der Waals surface area contributed by atoms with Crippen molar-refractivity contribution in [3.63, 3.8) is 0 Å². The van der Waals surface area contributed by atoms with E-state index in [1.807, 2.05) is 12.1 Å². The highest BCUT2D eigenvalue weighted by Crippen LogP contribution is 2.34. The number of nitrogen functional groups attached to an aromatic ring is 1. The summed E-state index contributed by atoms with van der Waals surface area (Å²) in [7, 11) is 0. The molecule has 3 nitrogen and oxygen atoms in total. The lowest BCUT2D eigenvalue weighted by Crippen LogP contribution is -2.36. The zero-order valence-corrected chi connectivity index (χ0v) is 9.82. The van der Waals surface area contributed by atoms with Crippen LogP contribution in [-0.2, 0) is 6.42 Å². The van der Waals surface area contributed by atoms with Gasteiger partial charge in [0, 0.05) is 12.6 Å². The Kier molecular flexibility index (Phi) is 3.15. The molecule has 0 amide bonds. The maximum atomic E-state index is 10.5. The number of anilines is 1. The third kappa shape index (κ3) is 2.53. The van der Waals surface area contributed by atoms with Gasteiger partial charge in [-0.2, -0.15) is 0 Å². The van der Waals surface area contributed by atoms with Crippen LogP contribution in [-0.4, -0.2) is 15.7 Å². The fourth-order valence-electron chi connectivity index (χ4n) is 2.43. The molecule has 0 spiro atoms. The van der Waals surface area contributed by atoms with Gasteiger partial charge in [-0.15, -0.1) is 0 Å². The van der Waals surface area contributed by atoms with E-state index in [9.17, 15) is 5.11 Å². The minimum Gasteiger partial charge on any atom is -0.390 e. The Morgan fingerprint density at radius 1 is 1.50 bits per heavy atom. The molecule has 0 unspecified atom stereocenters. The Labute approximate surface area is 96.7 Å². The molecule has 3 N–H and O–H groups in total. The van der Waals surface area contributed by atoms with E-state index < -0.39 is 5.60 Å². The van der Waals surface area contributed by atoms with E-state index >= 15 is 0 Å². The minimum atomic E-state index is -0.566. The highest BCUT2D eigenvalue weighted by molar-refractivity contribution is 5.39. The first kappa shape index (κ1) is 11.4. The van der Waals surface area contributed by atoms with Crippen LogP contribution in [0.25, 0.3) is 0 Å². The van der Waals surface area contributed by atoms with E-state index in [1.54, 1.807) is 6.20 Å². The van der Waals surface area contributed by atoms with Crippen LogP contribution in [0, 0.1) is 5.92 Å². The zero-order chi connectivity index (χ0) is 11.6. The van der Waals surface area contributed by atoms with E-state index in [2.05, 4.69) is 11.9 Å². The number of nitrogens with two attached hydrogens (primary N) is 1. The van der Waals surface area contributed by atoms with Gasteiger partial charge in [-0.25, -0.2) is 4.98 Å². The molecule has 1 fully saturated rings. The second-order valence-corrected chi connectivity index (χ2v) is 5.13. The topological polar surface area (TPSA) is 59.1 Å². The Morgan fingerprint density at radius 3 is 2.81 bits per heavy atom. The average molecular weight is 220 g/mol. The predicted octanol–water partition coefficient (Wildman–Crippen LogP) is 2.15. The summed E-state index contributed by atoms with van der Waals surface area (Å²) in [4.78, 5) is 4.06. The summed E-state index contributed by atoms with van der Waals surface area (Å²) in [6.07, 6.45) is 6.30. The van der Waals surface area contributed by atoms with E-state index in [4.69, 9.17) is 5.73 Å². The number of nitrogens with zero attached hydrogens (tertiary/aromatic N) is 1. The van der Waals surface area contributed by atoms with Crippen LogP contribution in [0.15, 0.2) is 18.3 Å². The molecule has 88 valence electrons. The Balaban J connectivity index is 2.07. The van der Waals surface area contributed by atoms with Crippen LogP contribution >= 0.6 is 0 Å². The SMILES string of the molecule is CC1CCC(O)(Cc2cccnc2N)CC1. The second kappa shape index (κ2) is 4.42. The van der Waals surface area contributed by atoms with Crippen LogP contribution in [0.1, 0.15) is 38.2 Å². The lowest BCUT2D eigenvalue weighted by atomic mass is 9.76. The number of pyridine rings is 1. The van der Waals surface area contributed by atoms with Gasteiger partial charge >= 0.3 is 0 Å². The van der Waals surface area contributed by atoms with Gasteiger partial charge in [0.1, 0.15) is 5.82 Å². The largest absolute Gasteiger partial charge is 0.390 e. The Hall–Kier alpha value is -1.09. The molecule has 1 heterocycles. The number of rotatable bonds is 2. The molecule has 1 aromatic rings. The molecule has 1 aliphatic carbocycles. The van der Waals surface area contributed by atoms with Crippen molar-refractivity contribution < 1.29 is 5.11 Å². The predicted molar refractivity (Wildman–Crippen MR) is 64.9 cm³/mol. The molecule has 0 saturated heterocycles. The van der Waals surface area contributed by atoms with Crippen molar-refractivity contribution in [2.75, 3.05) is 5.73 Å². The first-order chi connectivity index (χ1) is 7.59. The fraction of sp³-hybridized carbons (Fsp3) is 0.615. The Morgan fingerprint density at radius 2 is 2.19 bits per heavy atom. The maximum absolute atomic E-state index is 10.5. The molecular weight excluding hydrogens is 200 g/mol. The van der Waals surface area contributed by atoms with Gasteiger partial charge in [0.25, 0.3) is 0 Å². The van der Waals surface area contributed by atoms with Crippen molar-refractivity contribution in [1.29, 1.82) is 0 Å². The van der Waals surface area contributed by atoms with Gasteiger partial charge in [0.05, 0.1) is 5.60 Å². The monoisotopic (exact) mass is 220 g/mol. The van der Waals surface area contributed by atoms with Gasteiger partial charge in [-0.05, 0) is 43.2 Å². The molecule has 3 heteroatoms. The average Bonchev–Trinajstić information content (AvgIpc) is 2.27. The van der Waals surface area contributed by atoms with Gasteiger partial charge in [-0.3, -0.25) is 0 Å². The summed E-state index contributed by atoms with van der Waals surface area (Å²) in [5.41, 5.74) is 6.21. The van der Waals surface area contributed by atoms with Crippen molar-refractivity contribution in [2.45, 2.75) is 44.6 Å². The minimum absolute atomic E-state index is 0.551.